The highest BCUT2D eigenvalue weighted by Crippen LogP contribution is 2.14. The first-order valence-corrected chi connectivity index (χ1v) is 5.77. The van der Waals surface area contributed by atoms with Crippen LogP contribution in [0.3, 0.4) is 0 Å². The van der Waals surface area contributed by atoms with Gasteiger partial charge in [-0.3, -0.25) is 4.21 Å². The van der Waals surface area contributed by atoms with E-state index in [2.05, 4.69) is 15.0 Å². The summed E-state index contributed by atoms with van der Waals surface area (Å²) in [7, 11) is 0. The molecule has 2 aromatic rings. The van der Waals surface area contributed by atoms with Gasteiger partial charge in [0.25, 0.3) is 0 Å². The Kier molecular flexibility index (Phi) is 3.33. The van der Waals surface area contributed by atoms with Crippen LogP contribution in [0.25, 0.3) is 11.4 Å². The van der Waals surface area contributed by atoms with E-state index in [0.717, 1.165) is 11.1 Å². The van der Waals surface area contributed by atoms with Crippen molar-refractivity contribution >= 4 is 11.1 Å². The summed E-state index contributed by atoms with van der Waals surface area (Å²) in [5, 5.41) is 0. The molecule has 1 aromatic carbocycles. The molecule has 0 saturated heterocycles. The molecule has 0 N–H and O–H groups in total. The van der Waals surface area contributed by atoms with Crippen molar-refractivity contribution in [3.8, 4) is 11.4 Å². The molecule has 0 aliphatic heterocycles. The van der Waals surface area contributed by atoms with E-state index in [0.29, 0.717) is 5.82 Å². The van der Waals surface area contributed by atoms with E-state index in [4.69, 9.17) is 0 Å². The SMILES string of the molecule is O=S([O-])Cc1ccc(-c2ncncn2)cc1. The Morgan fingerprint density at radius 2 is 1.75 bits per heavy atom. The van der Waals surface area contributed by atoms with Gasteiger partial charge in [-0.25, -0.2) is 15.0 Å². The van der Waals surface area contributed by atoms with Crippen LogP contribution >= 0.6 is 0 Å². The van der Waals surface area contributed by atoms with E-state index in [1.807, 2.05) is 0 Å². The number of hydrogen-bond donors (Lipinski definition) is 0. The van der Waals surface area contributed by atoms with Crippen LogP contribution in [0, 0.1) is 0 Å². The first-order valence-electron chi connectivity index (χ1n) is 4.53. The molecule has 0 amide bonds. The minimum Gasteiger partial charge on any atom is -0.772 e. The van der Waals surface area contributed by atoms with Gasteiger partial charge in [-0.05, 0) is 5.56 Å². The minimum atomic E-state index is -2.06. The molecule has 5 nitrogen and oxygen atoms in total. The molecule has 6 heteroatoms. The molecule has 2 rings (SSSR count). The predicted octanol–water partition coefficient (Wildman–Crippen LogP) is 0.918. The van der Waals surface area contributed by atoms with Crippen molar-refractivity contribution in [1.29, 1.82) is 0 Å². The fourth-order valence-corrected chi connectivity index (χ4v) is 1.74. The van der Waals surface area contributed by atoms with Crippen molar-refractivity contribution < 1.29 is 8.76 Å². The lowest BCUT2D eigenvalue weighted by Gasteiger charge is -2.05. The highest BCUT2D eigenvalue weighted by molar-refractivity contribution is 7.78. The fraction of sp³-hybridized carbons (Fsp3) is 0.100. The third kappa shape index (κ3) is 2.68. The van der Waals surface area contributed by atoms with Crippen LogP contribution in [0.1, 0.15) is 5.56 Å². The molecule has 1 atom stereocenters. The van der Waals surface area contributed by atoms with E-state index < -0.39 is 11.1 Å². The van der Waals surface area contributed by atoms with Crippen molar-refractivity contribution in [3.05, 3.63) is 42.5 Å². The van der Waals surface area contributed by atoms with E-state index in [-0.39, 0.29) is 5.75 Å². The van der Waals surface area contributed by atoms with E-state index in [1.165, 1.54) is 12.7 Å². The van der Waals surface area contributed by atoms with Gasteiger partial charge in [0.1, 0.15) is 12.7 Å². The van der Waals surface area contributed by atoms with Crippen LogP contribution in [0.5, 0.6) is 0 Å². The lowest BCUT2D eigenvalue weighted by atomic mass is 10.1. The highest BCUT2D eigenvalue weighted by atomic mass is 32.2. The number of benzene rings is 1. The number of hydrogen-bond acceptors (Lipinski definition) is 5. The van der Waals surface area contributed by atoms with Gasteiger partial charge in [0.05, 0.1) is 0 Å². The van der Waals surface area contributed by atoms with Crippen LogP contribution < -0.4 is 0 Å². The van der Waals surface area contributed by atoms with E-state index >= 15 is 0 Å². The summed E-state index contributed by atoms with van der Waals surface area (Å²) in [5.74, 6) is 0.599. The molecule has 0 aliphatic carbocycles. The van der Waals surface area contributed by atoms with Gasteiger partial charge in [-0.15, -0.1) is 0 Å². The Labute approximate surface area is 94.9 Å². The Bertz CT molecular complexity index is 487. The average molecular weight is 234 g/mol. The summed E-state index contributed by atoms with van der Waals surface area (Å²) in [6.07, 6.45) is 2.84. The van der Waals surface area contributed by atoms with Crippen molar-refractivity contribution in [2.24, 2.45) is 0 Å². The van der Waals surface area contributed by atoms with Gasteiger partial charge in [0, 0.05) is 11.3 Å². The highest BCUT2D eigenvalue weighted by Gasteiger charge is 2.00. The van der Waals surface area contributed by atoms with Crippen molar-refractivity contribution in [1.82, 2.24) is 15.0 Å². The molecule has 1 aromatic heterocycles. The molecular weight excluding hydrogens is 226 g/mol. The summed E-state index contributed by atoms with van der Waals surface area (Å²) >= 11 is -2.06. The first-order chi connectivity index (χ1) is 7.75. The summed E-state index contributed by atoms with van der Waals surface area (Å²) in [6, 6.07) is 7.07. The van der Waals surface area contributed by atoms with Gasteiger partial charge in [-0.1, -0.05) is 35.3 Å². The maximum atomic E-state index is 10.5. The molecule has 0 fully saturated rings. The van der Waals surface area contributed by atoms with Crippen molar-refractivity contribution in [3.63, 3.8) is 0 Å². The third-order valence-electron chi connectivity index (χ3n) is 1.99. The Balaban J connectivity index is 2.23. The fourth-order valence-electron chi connectivity index (χ4n) is 1.27. The lowest BCUT2D eigenvalue weighted by Crippen LogP contribution is -1.94. The van der Waals surface area contributed by atoms with Crippen LogP contribution in [0.15, 0.2) is 36.9 Å². The largest absolute Gasteiger partial charge is 0.772 e. The number of aromatic nitrogens is 3. The molecule has 1 unspecified atom stereocenters. The van der Waals surface area contributed by atoms with Crippen LogP contribution in [-0.4, -0.2) is 23.7 Å². The van der Waals surface area contributed by atoms with Crippen molar-refractivity contribution in [2.45, 2.75) is 5.75 Å². The van der Waals surface area contributed by atoms with Gasteiger partial charge in [-0.2, -0.15) is 0 Å². The zero-order valence-electron chi connectivity index (χ0n) is 8.24. The quantitative estimate of drug-likeness (QED) is 0.738. The maximum absolute atomic E-state index is 10.5. The molecule has 0 aliphatic rings. The van der Waals surface area contributed by atoms with Crippen LogP contribution in [-0.2, 0) is 16.8 Å². The monoisotopic (exact) mass is 234 g/mol. The average Bonchev–Trinajstić information content (AvgIpc) is 2.30. The minimum absolute atomic E-state index is 0.0253. The number of rotatable bonds is 3. The van der Waals surface area contributed by atoms with Gasteiger partial charge in [0.2, 0.25) is 0 Å². The standard InChI is InChI=1S/C10H9N3O2S/c14-16(15)5-8-1-3-9(4-2-8)10-12-6-11-7-13-10/h1-4,6-7H,5H2,(H,14,15)/p-1. The smallest absolute Gasteiger partial charge is 0.162 e. The summed E-state index contributed by atoms with van der Waals surface area (Å²) in [6.45, 7) is 0. The number of nitrogens with zero attached hydrogens (tertiary/aromatic N) is 3. The summed E-state index contributed by atoms with van der Waals surface area (Å²) in [4.78, 5) is 11.7. The van der Waals surface area contributed by atoms with E-state index in [9.17, 15) is 8.76 Å². The normalized spacial score (nSPS) is 12.3. The second kappa shape index (κ2) is 4.91. The summed E-state index contributed by atoms with van der Waals surface area (Å²) < 4.78 is 21.0. The maximum Gasteiger partial charge on any atom is 0.162 e. The molecule has 0 bridgehead atoms. The zero-order chi connectivity index (χ0) is 11.4. The molecule has 0 saturated carbocycles. The molecule has 82 valence electrons. The molecule has 1 heterocycles. The lowest BCUT2D eigenvalue weighted by molar-refractivity contribution is 0.536. The van der Waals surface area contributed by atoms with Crippen LogP contribution in [0.2, 0.25) is 0 Å². The van der Waals surface area contributed by atoms with Crippen LogP contribution in [0.4, 0.5) is 0 Å². The topological polar surface area (TPSA) is 78.8 Å². The Hall–Kier alpha value is -1.66. The zero-order valence-corrected chi connectivity index (χ0v) is 9.05. The van der Waals surface area contributed by atoms with Gasteiger partial charge < -0.3 is 4.55 Å². The first kappa shape index (κ1) is 10.8. The Morgan fingerprint density at radius 1 is 1.12 bits per heavy atom. The molecular formula is C10H8N3O2S-. The van der Waals surface area contributed by atoms with Gasteiger partial charge >= 0.3 is 0 Å². The second-order valence-electron chi connectivity index (χ2n) is 3.11. The second-order valence-corrected chi connectivity index (χ2v) is 4.00. The molecule has 0 radical (unpaired) electrons. The van der Waals surface area contributed by atoms with E-state index in [1.54, 1.807) is 24.3 Å². The third-order valence-corrected chi connectivity index (χ3v) is 2.56. The predicted molar refractivity (Wildman–Crippen MR) is 57.9 cm³/mol. The van der Waals surface area contributed by atoms with Gasteiger partial charge in [0.15, 0.2) is 5.82 Å². The Morgan fingerprint density at radius 3 is 2.31 bits per heavy atom. The summed E-state index contributed by atoms with van der Waals surface area (Å²) in [5.41, 5.74) is 1.58. The van der Waals surface area contributed by atoms with Crippen molar-refractivity contribution in [2.75, 3.05) is 0 Å². The molecule has 0 spiro atoms. The molecule has 16 heavy (non-hydrogen) atoms.